The van der Waals surface area contributed by atoms with Crippen molar-refractivity contribution in [2.24, 2.45) is 0 Å². The van der Waals surface area contributed by atoms with Crippen molar-refractivity contribution < 1.29 is 8.83 Å². The SMILES string of the molecule is CC(C)(C)c1cc2c3c(c1)N1c4ccc5c(sc6ccccc65)c4[Si](C)(C)c4c1c(cc1c4sc4ccccc41)B3c1cc3c(oc4ccccc43)c3c1N2c1ccc2c(oc4ccccc42)c1[Si]3(C)C. The lowest BCUT2D eigenvalue weighted by molar-refractivity contribution is 0.590. The minimum absolute atomic E-state index is 0.0363. The lowest BCUT2D eigenvalue weighted by Gasteiger charge is -2.52. The monoisotopic (exact) mass is 980 g/mol. The number of para-hydroxylation sites is 2. The third kappa shape index (κ3) is 4.65. The normalized spacial score (nSPS) is 16.0. The van der Waals surface area contributed by atoms with Crippen molar-refractivity contribution in [1.82, 2.24) is 0 Å². The van der Waals surface area contributed by atoms with Gasteiger partial charge in [0.05, 0.1) is 0 Å². The molecular weight excluding hydrogens is 936 g/mol. The standard InChI is InChI=1S/C62H45BN2O2S2Si2/c1-62(2,3)32-28-45-51-46(29-32)65-44-27-25-38-35-18-10-14-22-49(35)68-56(38)59(44)71(6,7)61-53(65)42(31-40-36-19-11-15-23-50(36)69-57(40)61)63(51)41-30-39-34-17-9-13-21-48(34)67-55(39)60-52(41)64(45)43-26-24-37-33-16-8-12-20-47(33)66-54(37)58(43)70(60,4)5/h8-31H,1-7H3. The number of nitrogens with zero attached hydrogens (tertiary/aromatic N) is 2. The van der Waals surface area contributed by atoms with E-state index in [1.54, 1.807) is 10.4 Å². The van der Waals surface area contributed by atoms with Crippen molar-refractivity contribution in [1.29, 1.82) is 0 Å². The second-order valence-corrected chi connectivity index (χ2v) is 33.3. The summed E-state index contributed by atoms with van der Waals surface area (Å²) in [7, 11) is -5.17. The molecule has 0 fully saturated rings. The third-order valence-electron chi connectivity index (χ3n) is 17.2. The Hall–Kier alpha value is -6.88. The van der Waals surface area contributed by atoms with E-state index in [1.165, 1.54) is 123 Å². The Bertz CT molecular complexity index is 4400. The fourth-order valence-corrected chi connectivity index (χ4v) is 25.0. The highest BCUT2D eigenvalue weighted by molar-refractivity contribution is 7.31. The highest BCUT2D eigenvalue weighted by atomic mass is 32.1. The minimum Gasteiger partial charge on any atom is -0.456 e. The van der Waals surface area contributed by atoms with Crippen LogP contribution in [0.1, 0.15) is 26.3 Å². The van der Waals surface area contributed by atoms with Crippen molar-refractivity contribution in [3.05, 3.63) is 151 Å². The summed E-state index contributed by atoms with van der Waals surface area (Å²) >= 11 is 4.01. The largest absolute Gasteiger partial charge is 0.456 e. The average molecular weight is 981 g/mol. The van der Waals surface area contributed by atoms with Crippen molar-refractivity contribution in [2.75, 3.05) is 9.80 Å². The number of benzene rings is 9. The lowest BCUT2D eigenvalue weighted by Crippen LogP contribution is -2.70. The van der Waals surface area contributed by atoms with Gasteiger partial charge in [0.15, 0.2) is 0 Å². The molecule has 0 unspecified atom stereocenters. The number of furan rings is 2. The molecule has 0 atom stereocenters. The molecule has 4 aliphatic heterocycles. The maximum absolute atomic E-state index is 7.24. The van der Waals surface area contributed by atoms with Gasteiger partial charge in [-0.15, -0.1) is 22.7 Å². The van der Waals surface area contributed by atoms with Gasteiger partial charge in [0.1, 0.15) is 38.5 Å². The van der Waals surface area contributed by atoms with Crippen LogP contribution in [0.15, 0.2) is 154 Å². The molecule has 0 bridgehead atoms. The van der Waals surface area contributed by atoms with Crippen LogP contribution in [-0.4, -0.2) is 22.9 Å². The number of fused-ring (bicyclic) bond motifs is 24. The van der Waals surface area contributed by atoms with Gasteiger partial charge in [0.2, 0.25) is 0 Å². The fraction of sp³-hybridized carbons (Fsp3) is 0.129. The number of rotatable bonds is 0. The van der Waals surface area contributed by atoms with E-state index in [1.807, 2.05) is 22.7 Å². The molecular formula is C62H45BN2O2S2Si2. The molecule has 17 rings (SSSR count). The zero-order valence-corrected chi connectivity index (χ0v) is 44.1. The van der Waals surface area contributed by atoms with Crippen LogP contribution in [0.5, 0.6) is 0 Å². The Morgan fingerprint density at radius 1 is 0.437 bits per heavy atom. The summed E-state index contributed by atoms with van der Waals surface area (Å²) in [5, 5.41) is 16.0. The average Bonchev–Trinajstić information content (AvgIpc) is 4.13. The Labute approximate surface area is 420 Å². The van der Waals surface area contributed by atoms with E-state index < -0.39 is 16.1 Å². The van der Waals surface area contributed by atoms with Crippen LogP contribution in [0.2, 0.25) is 26.2 Å². The molecule has 71 heavy (non-hydrogen) atoms. The summed E-state index contributed by atoms with van der Waals surface area (Å²) < 4.78 is 20.0. The molecule has 0 aliphatic carbocycles. The fourth-order valence-electron chi connectivity index (χ4n) is 14.2. The molecule has 0 radical (unpaired) electrons. The van der Waals surface area contributed by atoms with E-state index in [-0.39, 0.29) is 12.1 Å². The first-order valence-corrected chi connectivity index (χ1v) is 32.7. The third-order valence-corrected chi connectivity index (χ3v) is 26.9. The van der Waals surface area contributed by atoms with Crippen molar-refractivity contribution in [3.63, 3.8) is 0 Å². The summed E-state index contributed by atoms with van der Waals surface area (Å²) in [6.07, 6.45) is 0. The van der Waals surface area contributed by atoms with Crippen LogP contribution in [-0.2, 0) is 5.41 Å². The summed E-state index contributed by atoms with van der Waals surface area (Å²) in [4.78, 5) is 5.46. The summed E-state index contributed by atoms with van der Waals surface area (Å²) in [6, 6.07) is 55.6. The second-order valence-electron chi connectivity index (χ2n) is 22.7. The molecule has 4 aromatic heterocycles. The van der Waals surface area contributed by atoms with E-state index >= 15 is 0 Å². The molecule has 4 aliphatic rings. The van der Waals surface area contributed by atoms with Crippen molar-refractivity contribution in [2.45, 2.75) is 52.4 Å². The maximum Gasteiger partial charge on any atom is 0.252 e. The van der Waals surface area contributed by atoms with Crippen LogP contribution in [0, 0.1) is 0 Å². The van der Waals surface area contributed by atoms with Crippen LogP contribution in [0.4, 0.5) is 34.1 Å². The molecule has 0 amide bonds. The van der Waals surface area contributed by atoms with Crippen molar-refractivity contribution in [3.8, 4) is 0 Å². The predicted octanol–water partition coefficient (Wildman–Crippen LogP) is 13.9. The Balaban J connectivity index is 1.10. The molecule has 338 valence electrons. The molecule has 0 saturated carbocycles. The highest BCUT2D eigenvalue weighted by Gasteiger charge is 2.55. The van der Waals surface area contributed by atoms with Gasteiger partial charge in [-0.1, -0.05) is 138 Å². The minimum atomic E-state index is -2.67. The molecule has 9 heteroatoms. The predicted molar refractivity (Wildman–Crippen MR) is 313 cm³/mol. The van der Waals surface area contributed by atoms with Crippen molar-refractivity contribution >= 4 is 201 Å². The Morgan fingerprint density at radius 3 is 1.55 bits per heavy atom. The maximum atomic E-state index is 7.24. The second kappa shape index (κ2) is 12.8. The number of hydrogen-bond acceptors (Lipinski definition) is 6. The topological polar surface area (TPSA) is 32.8 Å². The highest BCUT2D eigenvalue weighted by Crippen LogP contribution is 2.53. The van der Waals surface area contributed by atoms with Gasteiger partial charge < -0.3 is 18.6 Å². The molecule has 0 saturated heterocycles. The van der Waals surface area contributed by atoms with Crippen LogP contribution < -0.4 is 46.9 Å². The van der Waals surface area contributed by atoms with E-state index in [0.717, 1.165) is 27.7 Å². The van der Waals surface area contributed by atoms with E-state index in [9.17, 15) is 0 Å². The van der Waals surface area contributed by atoms with E-state index in [2.05, 4.69) is 202 Å². The first kappa shape index (κ1) is 39.8. The van der Waals surface area contributed by atoms with Gasteiger partial charge in [-0.3, -0.25) is 0 Å². The van der Waals surface area contributed by atoms with E-state index in [4.69, 9.17) is 8.83 Å². The van der Waals surface area contributed by atoms with Gasteiger partial charge in [0, 0.05) is 101 Å². The van der Waals surface area contributed by atoms with Gasteiger partial charge in [-0.25, -0.2) is 0 Å². The van der Waals surface area contributed by atoms with E-state index in [0.29, 0.717) is 0 Å². The lowest BCUT2D eigenvalue weighted by atomic mass is 9.33. The molecule has 9 aromatic carbocycles. The zero-order chi connectivity index (χ0) is 47.4. The summed E-state index contributed by atoms with van der Waals surface area (Å²) in [5.74, 6) is 0. The molecule has 4 nitrogen and oxygen atoms in total. The van der Waals surface area contributed by atoms with Crippen LogP contribution in [0.3, 0.4) is 0 Å². The molecule has 0 spiro atoms. The number of anilines is 6. The zero-order valence-electron chi connectivity index (χ0n) is 40.5. The molecule has 8 heterocycles. The summed E-state index contributed by atoms with van der Waals surface area (Å²) in [5.41, 5.74) is 17.1. The summed E-state index contributed by atoms with van der Waals surface area (Å²) in [6.45, 7) is 17.6. The van der Waals surface area contributed by atoms with Gasteiger partial charge in [0.25, 0.3) is 6.71 Å². The molecule has 0 N–H and O–H groups in total. The van der Waals surface area contributed by atoms with Gasteiger partial charge in [-0.05, 0) is 97.7 Å². The molecule has 13 aromatic rings. The van der Waals surface area contributed by atoms with Crippen LogP contribution >= 0.6 is 22.7 Å². The first-order chi connectivity index (χ1) is 34.4. The quantitative estimate of drug-likeness (QED) is 0.142. The Morgan fingerprint density at radius 2 is 0.915 bits per heavy atom. The van der Waals surface area contributed by atoms with Gasteiger partial charge >= 0.3 is 0 Å². The number of hydrogen-bond donors (Lipinski definition) is 0. The Kier molecular flexibility index (Phi) is 7.16. The van der Waals surface area contributed by atoms with Gasteiger partial charge in [-0.2, -0.15) is 0 Å². The first-order valence-electron chi connectivity index (χ1n) is 25.0. The van der Waals surface area contributed by atoms with Crippen LogP contribution in [0.25, 0.3) is 84.2 Å². The smallest absolute Gasteiger partial charge is 0.252 e. The number of thiophene rings is 2.